The molecule has 0 radical (unpaired) electrons. The molecular formula is C17H20ClN3O5. The zero-order valence-corrected chi connectivity index (χ0v) is 15.5. The van der Waals surface area contributed by atoms with Gasteiger partial charge in [-0.15, -0.1) is 0 Å². The van der Waals surface area contributed by atoms with Crippen molar-refractivity contribution in [1.29, 1.82) is 0 Å². The van der Waals surface area contributed by atoms with Gasteiger partial charge in [0, 0.05) is 10.7 Å². The fraction of sp³-hybridized carbons (Fsp3) is 0.412. The normalized spacial score (nSPS) is 19.3. The summed E-state index contributed by atoms with van der Waals surface area (Å²) >= 11 is 5.84. The molecule has 0 saturated carbocycles. The second kappa shape index (κ2) is 7.74. The van der Waals surface area contributed by atoms with E-state index in [0.29, 0.717) is 17.1 Å². The Morgan fingerprint density at radius 1 is 1.35 bits per heavy atom. The molecule has 1 aromatic carbocycles. The molecule has 1 aromatic rings. The van der Waals surface area contributed by atoms with Gasteiger partial charge in [-0.05, 0) is 44.0 Å². The van der Waals surface area contributed by atoms with Crippen molar-refractivity contribution in [2.45, 2.75) is 32.7 Å². The molecule has 2 rings (SSSR count). The molecule has 0 unspecified atom stereocenters. The minimum Gasteiger partial charge on any atom is -0.454 e. The lowest BCUT2D eigenvalue weighted by atomic mass is 9.99. The van der Waals surface area contributed by atoms with Crippen molar-refractivity contribution < 1.29 is 23.9 Å². The van der Waals surface area contributed by atoms with Gasteiger partial charge in [0.2, 0.25) is 0 Å². The summed E-state index contributed by atoms with van der Waals surface area (Å²) in [6, 6.07) is 4.29. The maximum Gasteiger partial charge on any atom is 0.326 e. The van der Waals surface area contributed by atoms with Crippen molar-refractivity contribution in [2.24, 2.45) is 0 Å². The topological polar surface area (TPSA) is 105 Å². The van der Waals surface area contributed by atoms with Gasteiger partial charge in [0.25, 0.3) is 11.8 Å². The summed E-state index contributed by atoms with van der Waals surface area (Å²) in [5, 5.41) is 5.67. The third kappa shape index (κ3) is 4.32. The summed E-state index contributed by atoms with van der Waals surface area (Å²) in [5.41, 5.74) is 0.277. The van der Waals surface area contributed by atoms with Crippen LogP contribution in [0.5, 0.6) is 0 Å². The van der Waals surface area contributed by atoms with Crippen molar-refractivity contribution in [3.05, 3.63) is 28.8 Å². The number of carbonyl (C=O) groups excluding carboxylic acids is 4. The van der Waals surface area contributed by atoms with Crippen LogP contribution in [0, 0.1) is 6.92 Å². The highest BCUT2D eigenvalue weighted by molar-refractivity contribution is 6.30. The van der Waals surface area contributed by atoms with Crippen molar-refractivity contribution in [3.8, 4) is 0 Å². The lowest BCUT2D eigenvalue weighted by Gasteiger charge is -2.18. The van der Waals surface area contributed by atoms with Gasteiger partial charge in [-0.25, -0.2) is 4.79 Å². The number of amides is 4. The van der Waals surface area contributed by atoms with Crippen LogP contribution in [0.15, 0.2) is 18.2 Å². The van der Waals surface area contributed by atoms with E-state index in [0.717, 1.165) is 10.5 Å². The maximum atomic E-state index is 12.2. The summed E-state index contributed by atoms with van der Waals surface area (Å²) < 4.78 is 4.85. The first-order chi connectivity index (χ1) is 12.2. The van der Waals surface area contributed by atoms with Gasteiger partial charge < -0.3 is 15.4 Å². The van der Waals surface area contributed by atoms with Crippen LogP contribution in [-0.4, -0.2) is 47.4 Å². The Kier molecular flexibility index (Phi) is 5.86. The number of anilines is 1. The molecule has 1 atom stereocenters. The highest BCUT2D eigenvalue weighted by Crippen LogP contribution is 2.21. The Bertz CT molecular complexity index is 767. The molecule has 1 fully saturated rings. The van der Waals surface area contributed by atoms with E-state index in [2.05, 4.69) is 10.6 Å². The van der Waals surface area contributed by atoms with Gasteiger partial charge in [0.05, 0.1) is 0 Å². The summed E-state index contributed by atoms with van der Waals surface area (Å²) in [6.07, 6.45) is 0.395. The van der Waals surface area contributed by atoms with E-state index in [9.17, 15) is 19.2 Å². The zero-order chi connectivity index (χ0) is 19.5. The number of halogens is 1. The quantitative estimate of drug-likeness (QED) is 0.578. The number of benzene rings is 1. The number of ether oxygens (including phenoxy) is 1. The van der Waals surface area contributed by atoms with Gasteiger partial charge in [-0.1, -0.05) is 18.5 Å². The van der Waals surface area contributed by atoms with Crippen LogP contribution in [0.25, 0.3) is 0 Å². The number of imide groups is 1. The Morgan fingerprint density at radius 3 is 2.62 bits per heavy atom. The molecule has 4 amide bonds. The van der Waals surface area contributed by atoms with Gasteiger partial charge in [0.1, 0.15) is 12.1 Å². The van der Waals surface area contributed by atoms with E-state index in [4.69, 9.17) is 16.3 Å². The van der Waals surface area contributed by atoms with Crippen LogP contribution in [0.2, 0.25) is 5.02 Å². The van der Waals surface area contributed by atoms with E-state index in [1.807, 2.05) is 0 Å². The van der Waals surface area contributed by atoms with Crippen LogP contribution in [-0.2, 0) is 19.1 Å². The fourth-order valence-electron chi connectivity index (χ4n) is 2.40. The largest absolute Gasteiger partial charge is 0.454 e. The first kappa shape index (κ1) is 19.7. The van der Waals surface area contributed by atoms with Crippen LogP contribution >= 0.6 is 11.6 Å². The van der Waals surface area contributed by atoms with Crippen molar-refractivity contribution in [1.82, 2.24) is 10.2 Å². The van der Waals surface area contributed by atoms with Crippen LogP contribution in [0.1, 0.15) is 25.8 Å². The lowest BCUT2D eigenvalue weighted by Crippen LogP contribution is -2.43. The van der Waals surface area contributed by atoms with Gasteiger partial charge >= 0.3 is 12.0 Å². The molecule has 140 valence electrons. The Balaban J connectivity index is 1.86. The Morgan fingerprint density at radius 2 is 2.04 bits per heavy atom. The lowest BCUT2D eigenvalue weighted by molar-refractivity contribution is -0.150. The predicted octanol–water partition coefficient (Wildman–Crippen LogP) is 1.85. The molecule has 2 N–H and O–H groups in total. The monoisotopic (exact) mass is 381 g/mol. The van der Waals surface area contributed by atoms with Crippen LogP contribution < -0.4 is 10.6 Å². The summed E-state index contributed by atoms with van der Waals surface area (Å²) in [6.45, 7) is 4.03. The van der Waals surface area contributed by atoms with Crippen LogP contribution in [0.4, 0.5) is 10.5 Å². The molecule has 0 bridgehead atoms. The van der Waals surface area contributed by atoms with Crippen molar-refractivity contribution in [3.63, 3.8) is 0 Å². The second-order valence-electron chi connectivity index (χ2n) is 6.18. The molecule has 1 aliphatic heterocycles. The molecule has 1 saturated heterocycles. The number of hydrogen-bond donors (Lipinski definition) is 2. The zero-order valence-electron chi connectivity index (χ0n) is 14.7. The SMILES string of the molecule is CC[C@@]1(C)NC(=O)N(CC(=O)OCC(=O)Nc2ccc(Cl)cc2C)C1=O. The highest BCUT2D eigenvalue weighted by atomic mass is 35.5. The summed E-state index contributed by atoms with van der Waals surface area (Å²) in [5.74, 6) is -1.89. The number of aryl methyl sites for hydroxylation is 1. The number of esters is 1. The minimum atomic E-state index is -1.03. The number of carbonyl (C=O) groups is 4. The fourth-order valence-corrected chi connectivity index (χ4v) is 2.63. The number of hydrogen-bond acceptors (Lipinski definition) is 5. The standard InChI is InChI=1S/C17H20ClN3O5/c1-4-17(3)15(24)21(16(25)20-17)8-14(23)26-9-13(22)19-12-6-5-11(18)7-10(12)2/h5-7H,4,8-9H2,1-3H3,(H,19,22)(H,20,25)/t17-/m1/s1. The molecular weight excluding hydrogens is 362 g/mol. The average molecular weight is 382 g/mol. The molecule has 8 nitrogen and oxygen atoms in total. The van der Waals surface area contributed by atoms with Crippen molar-refractivity contribution >= 4 is 41.1 Å². The van der Waals surface area contributed by atoms with Crippen molar-refractivity contribution in [2.75, 3.05) is 18.5 Å². The van der Waals surface area contributed by atoms with E-state index >= 15 is 0 Å². The smallest absolute Gasteiger partial charge is 0.326 e. The first-order valence-corrected chi connectivity index (χ1v) is 8.40. The number of urea groups is 1. The molecule has 0 spiro atoms. The van der Waals surface area contributed by atoms with Gasteiger partial charge in [0.15, 0.2) is 6.61 Å². The van der Waals surface area contributed by atoms with Gasteiger partial charge in [-0.2, -0.15) is 0 Å². The summed E-state index contributed by atoms with van der Waals surface area (Å²) in [7, 11) is 0. The molecule has 0 aromatic heterocycles. The van der Waals surface area contributed by atoms with E-state index in [-0.39, 0.29) is 0 Å². The van der Waals surface area contributed by atoms with E-state index in [1.54, 1.807) is 39.0 Å². The maximum absolute atomic E-state index is 12.2. The van der Waals surface area contributed by atoms with Crippen LogP contribution in [0.3, 0.4) is 0 Å². The third-order valence-corrected chi connectivity index (χ3v) is 4.40. The van der Waals surface area contributed by atoms with E-state index in [1.165, 1.54) is 0 Å². The molecule has 26 heavy (non-hydrogen) atoms. The first-order valence-electron chi connectivity index (χ1n) is 8.02. The number of nitrogens with zero attached hydrogens (tertiary/aromatic N) is 1. The summed E-state index contributed by atoms with van der Waals surface area (Å²) in [4.78, 5) is 48.6. The second-order valence-corrected chi connectivity index (χ2v) is 6.61. The molecule has 9 heteroatoms. The number of nitrogens with one attached hydrogen (secondary N) is 2. The average Bonchev–Trinajstić information content (AvgIpc) is 2.79. The van der Waals surface area contributed by atoms with E-state index < -0.39 is 42.5 Å². The number of rotatable bonds is 6. The highest BCUT2D eigenvalue weighted by Gasteiger charge is 2.47. The molecule has 1 aliphatic rings. The predicted molar refractivity (Wildman–Crippen MR) is 94.7 cm³/mol. The minimum absolute atomic E-state index is 0.395. The molecule has 1 heterocycles. The Labute approximate surface area is 155 Å². The Hall–Kier alpha value is -2.61. The third-order valence-electron chi connectivity index (χ3n) is 4.17. The molecule has 0 aliphatic carbocycles. The van der Waals surface area contributed by atoms with Gasteiger partial charge in [-0.3, -0.25) is 19.3 Å².